The standard InChI is InChI=1S/C27H30N4O2/c32-27(33)23-12-13-26(28-20-23)30-18-16-29(17-19-30)14-5-15-31-24-8-3-1-6-21(24)10-11-22-7-2-4-9-25(22)31/h1-4,6-9,12-13,20H,5,10-11,14-19H2,(H,32,33). The number of benzene rings is 2. The van der Waals surface area contributed by atoms with Crippen LogP contribution < -0.4 is 9.80 Å². The quantitative estimate of drug-likeness (QED) is 0.617. The van der Waals surface area contributed by atoms with Crippen molar-refractivity contribution in [3.05, 3.63) is 83.6 Å². The van der Waals surface area contributed by atoms with E-state index >= 15 is 0 Å². The lowest BCUT2D eigenvalue weighted by Crippen LogP contribution is -2.47. The molecule has 33 heavy (non-hydrogen) atoms. The predicted molar refractivity (Wildman–Crippen MR) is 132 cm³/mol. The van der Waals surface area contributed by atoms with E-state index in [1.165, 1.54) is 28.7 Å². The van der Waals surface area contributed by atoms with Gasteiger partial charge in [-0.1, -0.05) is 36.4 Å². The maximum absolute atomic E-state index is 11.0. The molecule has 0 spiro atoms. The molecule has 1 saturated heterocycles. The average Bonchev–Trinajstić information content (AvgIpc) is 3.02. The lowest BCUT2D eigenvalue weighted by molar-refractivity contribution is 0.0696. The predicted octanol–water partition coefficient (Wildman–Crippen LogP) is 4.23. The van der Waals surface area contributed by atoms with Crippen LogP contribution in [0.2, 0.25) is 0 Å². The zero-order valence-electron chi connectivity index (χ0n) is 18.9. The number of hydrogen-bond acceptors (Lipinski definition) is 5. The van der Waals surface area contributed by atoms with Gasteiger partial charge >= 0.3 is 5.97 Å². The SMILES string of the molecule is O=C(O)c1ccc(N2CCN(CCCN3c4ccccc4CCc4ccccc43)CC2)nc1. The number of anilines is 3. The molecule has 2 aliphatic heterocycles. The van der Waals surface area contributed by atoms with Gasteiger partial charge in [0.1, 0.15) is 5.82 Å². The van der Waals surface area contributed by atoms with Crippen molar-refractivity contribution in [3.63, 3.8) is 0 Å². The number of rotatable bonds is 6. The van der Waals surface area contributed by atoms with E-state index in [9.17, 15) is 4.79 Å². The Bertz CT molecular complexity index is 1060. The molecule has 0 aliphatic carbocycles. The molecule has 1 N–H and O–H groups in total. The van der Waals surface area contributed by atoms with E-state index < -0.39 is 5.97 Å². The van der Waals surface area contributed by atoms with Gasteiger partial charge in [0.2, 0.25) is 0 Å². The van der Waals surface area contributed by atoms with Crippen molar-refractivity contribution in [2.24, 2.45) is 0 Å². The number of pyridine rings is 1. The summed E-state index contributed by atoms with van der Waals surface area (Å²) in [6.07, 6.45) is 4.73. The van der Waals surface area contributed by atoms with Crippen molar-refractivity contribution < 1.29 is 9.90 Å². The highest BCUT2D eigenvalue weighted by Crippen LogP contribution is 2.35. The molecular formula is C27H30N4O2. The Kier molecular flexibility index (Phi) is 6.26. The van der Waals surface area contributed by atoms with Crippen molar-refractivity contribution >= 4 is 23.2 Å². The Balaban J connectivity index is 1.19. The second-order valence-corrected chi connectivity index (χ2v) is 8.80. The van der Waals surface area contributed by atoms with Crippen LogP contribution in [0.4, 0.5) is 17.2 Å². The topological polar surface area (TPSA) is 59.9 Å². The van der Waals surface area contributed by atoms with E-state index in [1.54, 1.807) is 6.07 Å². The van der Waals surface area contributed by atoms with Crippen molar-refractivity contribution in [2.75, 3.05) is 49.1 Å². The number of hydrogen-bond donors (Lipinski definition) is 1. The van der Waals surface area contributed by atoms with E-state index in [4.69, 9.17) is 5.11 Å². The summed E-state index contributed by atoms with van der Waals surface area (Å²) in [4.78, 5) is 22.7. The van der Waals surface area contributed by atoms with Crippen molar-refractivity contribution in [2.45, 2.75) is 19.3 Å². The highest BCUT2D eigenvalue weighted by Gasteiger charge is 2.21. The van der Waals surface area contributed by atoms with Crippen LogP contribution in [-0.4, -0.2) is 60.2 Å². The minimum atomic E-state index is -0.937. The minimum Gasteiger partial charge on any atom is -0.478 e. The summed E-state index contributed by atoms with van der Waals surface area (Å²) in [5.41, 5.74) is 5.80. The third kappa shape index (κ3) is 4.71. The molecule has 0 bridgehead atoms. The maximum Gasteiger partial charge on any atom is 0.337 e. The molecule has 0 unspecified atom stereocenters. The van der Waals surface area contributed by atoms with Crippen LogP contribution in [0.25, 0.3) is 0 Å². The number of nitrogens with zero attached hydrogens (tertiary/aromatic N) is 4. The lowest BCUT2D eigenvalue weighted by atomic mass is 10.0. The smallest absolute Gasteiger partial charge is 0.337 e. The third-order valence-corrected chi connectivity index (χ3v) is 6.78. The first kappa shape index (κ1) is 21.5. The van der Waals surface area contributed by atoms with Crippen LogP contribution in [0.15, 0.2) is 66.9 Å². The number of para-hydroxylation sites is 2. The van der Waals surface area contributed by atoms with E-state index in [0.29, 0.717) is 0 Å². The summed E-state index contributed by atoms with van der Waals surface area (Å²) in [6, 6.07) is 21.1. The van der Waals surface area contributed by atoms with Gasteiger partial charge < -0.3 is 14.9 Å². The van der Waals surface area contributed by atoms with E-state index in [1.807, 2.05) is 6.07 Å². The molecular weight excluding hydrogens is 412 g/mol. The summed E-state index contributed by atoms with van der Waals surface area (Å²) in [6.45, 7) is 5.89. The van der Waals surface area contributed by atoms with Crippen LogP contribution in [-0.2, 0) is 12.8 Å². The first-order chi connectivity index (χ1) is 16.2. The van der Waals surface area contributed by atoms with Crippen molar-refractivity contribution in [1.82, 2.24) is 9.88 Å². The number of carbonyl (C=O) groups is 1. The highest BCUT2D eigenvalue weighted by atomic mass is 16.4. The number of aromatic nitrogens is 1. The molecule has 3 heterocycles. The lowest BCUT2D eigenvalue weighted by Gasteiger charge is -2.36. The largest absolute Gasteiger partial charge is 0.478 e. The minimum absolute atomic E-state index is 0.231. The number of carboxylic acid groups (broad SMARTS) is 1. The molecule has 0 saturated carbocycles. The molecule has 170 valence electrons. The second kappa shape index (κ2) is 9.63. The molecule has 0 atom stereocenters. The molecule has 6 nitrogen and oxygen atoms in total. The average molecular weight is 443 g/mol. The van der Waals surface area contributed by atoms with Crippen LogP contribution in [0.1, 0.15) is 27.9 Å². The van der Waals surface area contributed by atoms with Gasteiger partial charge in [0.15, 0.2) is 0 Å². The third-order valence-electron chi connectivity index (χ3n) is 6.78. The van der Waals surface area contributed by atoms with E-state index in [-0.39, 0.29) is 5.56 Å². The number of fused-ring (bicyclic) bond motifs is 2. The van der Waals surface area contributed by atoms with E-state index in [2.05, 4.69) is 68.2 Å². The van der Waals surface area contributed by atoms with Crippen molar-refractivity contribution in [3.8, 4) is 0 Å². The van der Waals surface area contributed by atoms with Gasteiger partial charge in [0.25, 0.3) is 0 Å². The monoisotopic (exact) mass is 442 g/mol. The van der Waals surface area contributed by atoms with Gasteiger partial charge in [-0.3, -0.25) is 4.90 Å². The molecule has 5 rings (SSSR count). The summed E-state index contributed by atoms with van der Waals surface area (Å²) in [5, 5.41) is 9.06. The fourth-order valence-electron chi connectivity index (χ4n) is 4.96. The molecule has 2 aliphatic rings. The Morgan fingerprint density at radius 1 is 0.818 bits per heavy atom. The van der Waals surface area contributed by atoms with Crippen LogP contribution in [0, 0.1) is 0 Å². The van der Waals surface area contributed by atoms with Crippen molar-refractivity contribution in [1.29, 1.82) is 0 Å². The van der Waals surface area contributed by atoms with Gasteiger partial charge in [-0.2, -0.15) is 0 Å². The molecule has 1 fully saturated rings. The molecule has 2 aromatic carbocycles. The first-order valence-corrected chi connectivity index (χ1v) is 11.8. The fourth-order valence-corrected chi connectivity index (χ4v) is 4.96. The van der Waals surface area contributed by atoms with Crippen LogP contribution in [0.5, 0.6) is 0 Å². The zero-order chi connectivity index (χ0) is 22.6. The van der Waals surface area contributed by atoms with Crippen LogP contribution >= 0.6 is 0 Å². The number of carboxylic acids is 1. The Morgan fingerprint density at radius 3 is 2.03 bits per heavy atom. The molecule has 0 amide bonds. The first-order valence-electron chi connectivity index (χ1n) is 11.8. The Morgan fingerprint density at radius 2 is 1.45 bits per heavy atom. The van der Waals surface area contributed by atoms with Gasteiger partial charge in [-0.05, 0) is 61.2 Å². The summed E-state index contributed by atoms with van der Waals surface area (Å²) in [7, 11) is 0. The molecule has 6 heteroatoms. The number of aromatic carboxylic acids is 1. The number of aryl methyl sites for hydroxylation is 2. The summed E-state index contributed by atoms with van der Waals surface area (Å²) in [5.74, 6) is -0.0778. The molecule has 0 radical (unpaired) electrons. The second-order valence-electron chi connectivity index (χ2n) is 8.80. The maximum atomic E-state index is 11.0. The Labute approximate surface area is 195 Å². The van der Waals surface area contributed by atoms with E-state index in [0.717, 1.165) is 64.3 Å². The fraction of sp³-hybridized carbons (Fsp3) is 0.333. The van der Waals surface area contributed by atoms with Gasteiger partial charge in [0, 0.05) is 50.3 Å². The normalized spacial score (nSPS) is 16.1. The Hall–Kier alpha value is -3.38. The number of piperazine rings is 1. The van der Waals surface area contributed by atoms with Crippen LogP contribution in [0.3, 0.4) is 0 Å². The molecule has 3 aromatic rings. The van der Waals surface area contributed by atoms with Gasteiger partial charge in [-0.25, -0.2) is 9.78 Å². The van der Waals surface area contributed by atoms with Gasteiger partial charge in [0.05, 0.1) is 5.56 Å². The summed E-state index contributed by atoms with van der Waals surface area (Å²) < 4.78 is 0. The zero-order valence-corrected chi connectivity index (χ0v) is 18.9. The molecule has 1 aromatic heterocycles. The summed E-state index contributed by atoms with van der Waals surface area (Å²) >= 11 is 0. The highest BCUT2D eigenvalue weighted by molar-refractivity contribution is 5.87. The van der Waals surface area contributed by atoms with Gasteiger partial charge in [-0.15, -0.1) is 0 Å².